The third-order valence-corrected chi connectivity index (χ3v) is 10.5. The zero-order chi connectivity index (χ0) is 37.9. The number of aromatic hydroxyl groups is 1. The van der Waals surface area contributed by atoms with Crippen molar-refractivity contribution in [2.24, 2.45) is 0 Å². The number of methoxy groups -OCH3 is 1. The molecule has 0 aliphatic carbocycles. The number of halogens is 1. The standard InChI is InChI=1S/C44H42FN3O6/c1-4-37(30-8-6-5-7-9-30)48-26-33-25-40-38(47(2)43(51)41(54-40)31-16-20-35(49)21-17-31)23-32(33)24-39(48)42(50)46-36(44(52)53-3)22-27-10-12-28(13-11-27)29-14-18-34(45)19-15-29/h5-21,23,25,36-37,39,41,49H,4,22,24,26H2,1-3H3,(H,46,50)/t36-,37-,39-,41-/m0/s1. The summed E-state index contributed by atoms with van der Waals surface area (Å²) >= 11 is 0. The van der Waals surface area contributed by atoms with Crippen molar-refractivity contribution in [2.75, 3.05) is 19.1 Å². The van der Waals surface area contributed by atoms with Gasteiger partial charge >= 0.3 is 5.97 Å². The highest BCUT2D eigenvalue weighted by molar-refractivity contribution is 6.00. The molecule has 5 aromatic rings. The van der Waals surface area contributed by atoms with Gasteiger partial charge in [0.15, 0.2) is 0 Å². The minimum atomic E-state index is -0.947. The lowest BCUT2D eigenvalue weighted by molar-refractivity contribution is -0.146. The van der Waals surface area contributed by atoms with E-state index in [1.807, 2.05) is 54.6 Å². The number of rotatable bonds is 10. The molecule has 2 amide bonds. The molecule has 0 fully saturated rings. The van der Waals surface area contributed by atoms with Crippen molar-refractivity contribution in [1.29, 1.82) is 0 Å². The fraction of sp³-hybridized carbons (Fsp3) is 0.250. The van der Waals surface area contributed by atoms with E-state index in [4.69, 9.17) is 9.47 Å². The van der Waals surface area contributed by atoms with Gasteiger partial charge in [0.25, 0.3) is 5.91 Å². The number of fused-ring (bicyclic) bond motifs is 2. The normalized spacial score (nSPS) is 17.8. The van der Waals surface area contributed by atoms with Crippen molar-refractivity contribution in [3.05, 3.63) is 149 Å². The molecule has 0 spiro atoms. The van der Waals surface area contributed by atoms with E-state index in [1.54, 1.807) is 36.2 Å². The number of nitrogens with one attached hydrogen (secondary N) is 1. The van der Waals surface area contributed by atoms with Gasteiger partial charge in [-0.05, 0) is 82.6 Å². The minimum absolute atomic E-state index is 0.0995. The molecule has 9 nitrogen and oxygen atoms in total. The Bertz CT molecular complexity index is 2140. The Hall–Kier alpha value is -6.00. The number of phenols is 1. The molecule has 0 saturated carbocycles. The number of benzene rings is 5. The third-order valence-electron chi connectivity index (χ3n) is 10.5. The highest BCUT2D eigenvalue weighted by Gasteiger charge is 2.40. The lowest BCUT2D eigenvalue weighted by Gasteiger charge is -2.42. The molecule has 54 heavy (non-hydrogen) atoms. The summed E-state index contributed by atoms with van der Waals surface area (Å²) in [6, 6.07) is 32.5. The number of anilines is 1. The van der Waals surface area contributed by atoms with Crippen LogP contribution in [0.1, 0.15) is 53.3 Å². The topological polar surface area (TPSA) is 108 Å². The number of ether oxygens (including phenoxy) is 2. The SMILES string of the molecule is CC[C@@H](c1ccccc1)N1Cc2cc3c(cc2C[C@H]1C(=O)N[C@@H](Cc1ccc(-c2ccc(F)cc2)cc1)C(=O)OC)N(C)C(=O)[C@H](c1ccc(O)cc1)O3. The number of nitrogens with zero attached hydrogens (tertiary/aromatic N) is 2. The van der Waals surface area contributed by atoms with E-state index in [0.717, 1.165) is 39.8 Å². The second kappa shape index (κ2) is 15.5. The summed E-state index contributed by atoms with van der Waals surface area (Å²) in [6.45, 7) is 2.51. The summed E-state index contributed by atoms with van der Waals surface area (Å²) in [6.07, 6.45) is 0.398. The molecule has 0 unspecified atom stereocenters. The van der Waals surface area contributed by atoms with E-state index in [2.05, 4.69) is 29.3 Å². The Morgan fingerprint density at radius 2 is 1.59 bits per heavy atom. The van der Waals surface area contributed by atoms with Gasteiger partial charge in [0.05, 0.1) is 18.8 Å². The first kappa shape index (κ1) is 36.4. The molecule has 0 radical (unpaired) electrons. The largest absolute Gasteiger partial charge is 0.508 e. The van der Waals surface area contributed by atoms with Crippen LogP contribution in [0.25, 0.3) is 11.1 Å². The van der Waals surface area contributed by atoms with Gasteiger partial charge in [-0.25, -0.2) is 9.18 Å². The number of amides is 2. The van der Waals surface area contributed by atoms with E-state index in [0.29, 0.717) is 30.0 Å². The van der Waals surface area contributed by atoms with Crippen molar-refractivity contribution >= 4 is 23.5 Å². The average molecular weight is 728 g/mol. The maximum atomic E-state index is 14.5. The van der Waals surface area contributed by atoms with Crippen LogP contribution in [0.2, 0.25) is 0 Å². The zero-order valence-electron chi connectivity index (χ0n) is 30.4. The maximum Gasteiger partial charge on any atom is 0.328 e. The van der Waals surface area contributed by atoms with Crippen molar-refractivity contribution in [3.8, 4) is 22.6 Å². The molecule has 5 aromatic carbocycles. The summed E-state index contributed by atoms with van der Waals surface area (Å²) in [7, 11) is 3.01. The Balaban J connectivity index is 1.18. The first-order valence-corrected chi connectivity index (χ1v) is 18.1. The van der Waals surface area contributed by atoms with Gasteiger partial charge in [-0.3, -0.25) is 14.5 Å². The number of hydrogen-bond acceptors (Lipinski definition) is 7. The Labute approximate surface area is 313 Å². The molecule has 2 N–H and O–H groups in total. The van der Waals surface area contributed by atoms with Gasteiger partial charge in [-0.15, -0.1) is 0 Å². The molecule has 0 aromatic heterocycles. The monoisotopic (exact) mass is 727 g/mol. The molecule has 7 rings (SSSR count). The van der Waals surface area contributed by atoms with Crippen molar-refractivity contribution in [2.45, 2.75) is 57.0 Å². The maximum absolute atomic E-state index is 14.5. The third kappa shape index (κ3) is 7.43. The molecule has 0 saturated heterocycles. The van der Waals surface area contributed by atoms with E-state index in [1.165, 1.54) is 31.4 Å². The van der Waals surface area contributed by atoms with Gasteiger partial charge in [0.1, 0.15) is 23.4 Å². The molecule has 2 aliphatic heterocycles. The predicted molar refractivity (Wildman–Crippen MR) is 203 cm³/mol. The number of esters is 1. The average Bonchev–Trinajstić information content (AvgIpc) is 3.19. The van der Waals surface area contributed by atoms with Crippen LogP contribution >= 0.6 is 0 Å². The smallest absolute Gasteiger partial charge is 0.328 e. The zero-order valence-corrected chi connectivity index (χ0v) is 30.4. The number of carbonyl (C=O) groups excluding carboxylic acids is 3. The van der Waals surface area contributed by atoms with Crippen molar-refractivity contribution in [3.63, 3.8) is 0 Å². The minimum Gasteiger partial charge on any atom is -0.508 e. The summed E-state index contributed by atoms with van der Waals surface area (Å²) in [5.74, 6) is -0.764. The lowest BCUT2D eigenvalue weighted by Crippen LogP contribution is -2.55. The van der Waals surface area contributed by atoms with Gasteiger partial charge in [0, 0.05) is 31.6 Å². The van der Waals surface area contributed by atoms with E-state index < -0.39 is 24.2 Å². The second-order valence-corrected chi connectivity index (χ2v) is 13.8. The lowest BCUT2D eigenvalue weighted by atomic mass is 9.88. The Kier molecular flexibility index (Phi) is 10.5. The fourth-order valence-electron chi connectivity index (χ4n) is 7.53. The van der Waals surface area contributed by atoms with Gasteiger partial charge < -0.3 is 24.8 Å². The highest BCUT2D eigenvalue weighted by Crippen LogP contribution is 2.43. The van der Waals surface area contributed by atoms with Crippen LogP contribution in [-0.4, -0.2) is 54.0 Å². The summed E-state index contributed by atoms with van der Waals surface area (Å²) in [4.78, 5) is 44.9. The first-order valence-electron chi connectivity index (χ1n) is 18.1. The van der Waals surface area contributed by atoms with Gasteiger partial charge in [-0.1, -0.05) is 85.8 Å². The molecular formula is C44H42FN3O6. The fourth-order valence-corrected chi connectivity index (χ4v) is 7.53. The van der Waals surface area contributed by atoms with Crippen LogP contribution in [0.15, 0.2) is 115 Å². The van der Waals surface area contributed by atoms with Crippen LogP contribution in [0, 0.1) is 5.82 Å². The van der Waals surface area contributed by atoms with Crippen LogP contribution < -0.4 is 15.0 Å². The number of hydrogen-bond donors (Lipinski definition) is 2. The van der Waals surface area contributed by atoms with E-state index in [-0.39, 0.29) is 35.8 Å². The van der Waals surface area contributed by atoms with Gasteiger partial charge in [0.2, 0.25) is 12.0 Å². The number of likely N-dealkylation sites (N-methyl/N-ethyl adjacent to an activating group) is 1. The molecule has 0 bridgehead atoms. The van der Waals surface area contributed by atoms with Crippen molar-refractivity contribution < 1.29 is 33.4 Å². The quantitative estimate of drug-likeness (QED) is 0.148. The predicted octanol–water partition coefficient (Wildman–Crippen LogP) is 7.07. The van der Waals surface area contributed by atoms with Crippen molar-refractivity contribution in [1.82, 2.24) is 10.2 Å². The summed E-state index contributed by atoms with van der Waals surface area (Å²) < 4.78 is 25.0. The Morgan fingerprint density at radius 1 is 0.926 bits per heavy atom. The van der Waals surface area contributed by atoms with Gasteiger partial charge in [-0.2, -0.15) is 0 Å². The molecule has 4 atom stereocenters. The number of phenolic OH excluding ortho intramolecular Hbond substituents is 1. The van der Waals surface area contributed by atoms with E-state index >= 15 is 0 Å². The molecule has 10 heteroatoms. The number of carbonyl (C=O) groups is 3. The second-order valence-electron chi connectivity index (χ2n) is 13.8. The Morgan fingerprint density at radius 3 is 2.24 bits per heavy atom. The first-order chi connectivity index (χ1) is 26.1. The summed E-state index contributed by atoms with van der Waals surface area (Å²) in [5.41, 5.74) is 6.77. The molecular weight excluding hydrogens is 685 g/mol. The molecule has 2 heterocycles. The molecule has 2 aliphatic rings. The van der Waals surface area contributed by atoms with E-state index in [9.17, 15) is 23.9 Å². The van der Waals surface area contributed by atoms with Crippen LogP contribution in [0.5, 0.6) is 11.5 Å². The van der Waals surface area contributed by atoms with Crippen LogP contribution in [0.3, 0.4) is 0 Å². The van der Waals surface area contributed by atoms with Crippen LogP contribution in [0.4, 0.5) is 10.1 Å². The molecule has 276 valence electrons. The highest BCUT2D eigenvalue weighted by atomic mass is 19.1. The summed E-state index contributed by atoms with van der Waals surface area (Å²) in [5, 5.41) is 12.8. The van der Waals surface area contributed by atoms with Crippen LogP contribution in [-0.2, 0) is 38.5 Å².